The lowest BCUT2D eigenvalue weighted by Gasteiger charge is -1.63. The van der Waals surface area contributed by atoms with E-state index in [2.05, 4.69) is 9.85 Å². The van der Waals surface area contributed by atoms with Gasteiger partial charge in [0.1, 0.15) is 5.75 Å². The third-order valence-electron chi connectivity index (χ3n) is 0.275. The van der Waals surface area contributed by atoms with Gasteiger partial charge in [0.2, 0.25) is 0 Å². The Labute approximate surface area is 57.4 Å². The molecule has 0 aromatic carbocycles. The third kappa shape index (κ3) is 6.24. The molecule has 0 atom stereocenters. The van der Waals surface area contributed by atoms with Gasteiger partial charge in [0.25, 0.3) is 0 Å². The quantitative estimate of drug-likeness (QED) is 0.390. The largest absolute Gasteiger partial charge is 0.231 e. The van der Waals surface area contributed by atoms with Gasteiger partial charge in [0, 0.05) is 22.6 Å². The second-order valence-electron chi connectivity index (χ2n) is 0.762. The van der Waals surface area contributed by atoms with Crippen LogP contribution in [-0.2, 0) is 10.7 Å². The van der Waals surface area contributed by atoms with E-state index in [-0.39, 0.29) is 5.75 Å². The number of halogens is 1. The fraction of sp³-hybridized carbons (Fsp3) is 0.333. The van der Waals surface area contributed by atoms with Gasteiger partial charge < -0.3 is 0 Å². The summed E-state index contributed by atoms with van der Waals surface area (Å²) in [6.45, 7) is 0. The molecular formula is C3H3IO2S. The first-order valence-electron chi connectivity index (χ1n) is 1.47. The highest BCUT2D eigenvalue weighted by Gasteiger charge is 1.72. The molecule has 0 aromatic rings. The van der Waals surface area contributed by atoms with Crippen molar-refractivity contribution in [3.63, 3.8) is 0 Å². The molecule has 0 radical (unpaired) electrons. The van der Waals surface area contributed by atoms with Gasteiger partial charge in [-0.15, -0.1) is 0 Å². The molecule has 0 aliphatic carbocycles. The van der Waals surface area contributed by atoms with Crippen LogP contribution in [0.5, 0.6) is 0 Å². The molecule has 0 aliphatic heterocycles. The molecule has 7 heavy (non-hydrogen) atoms. The van der Waals surface area contributed by atoms with Crippen molar-refractivity contribution in [2.75, 3.05) is 5.75 Å². The minimum Gasteiger partial charge on any atom is -0.231 e. The van der Waals surface area contributed by atoms with E-state index in [1.165, 1.54) is 0 Å². The van der Waals surface area contributed by atoms with Crippen LogP contribution in [0, 0.1) is 9.85 Å². The molecule has 0 aliphatic rings. The second-order valence-corrected chi connectivity index (χ2v) is 2.28. The molecule has 0 amide bonds. The summed E-state index contributed by atoms with van der Waals surface area (Å²) in [5.74, 6) is 2.37. The number of hydrogen-bond acceptors (Lipinski definition) is 2. The van der Waals surface area contributed by atoms with Crippen molar-refractivity contribution >= 4 is 33.3 Å². The Bertz CT molecular complexity index is 154. The maximum absolute atomic E-state index is 9.69. The predicted octanol–water partition coefficient (Wildman–Crippen LogP) is -0.00630. The van der Waals surface area contributed by atoms with Crippen LogP contribution in [0.1, 0.15) is 0 Å². The van der Waals surface area contributed by atoms with Gasteiger partial charge >= 0.3 is 0 Å². The van der Waals surface area contributed by atoms with E-state index in [0.29, 0.717) is 0 Å². The van der Waals surface area contributed by atoms with E-state index in [1.54, 1.807) is 22.6 Å². The van der Waals surface area contributed by atoms with Crippen molar-refractivity contribution in [3.05, 3.63) is 0 Å². The molecule has 2 nitrogen and oxygen atoms in total. The summed E-state index contributed by atoms with van der Waals surface area (Å²) in [5, 5.41) is 0. The lowest BCUT2D eigenvalue weighted by atomic mass is 10.8. The van der Waals surface area contributed by atoms with E-state index in [1.807, 2.05) is 0 Å². The van der Waals surface area contributed by atoms with E-state index >= 15 is 0 Å². The van der Waals surface area contributed by atoms with E-state index in [4.69, 9.17) is 0 Å². The summed E-state index contributed by atoms with van der Waals surface area (Å²) in [5.41, 5.74) is 0. The van der Waals surface area contributed by atoms with Crippen molar-refractivity contribution in [1.29, 1.82) is 0 Å². The lowest BCUT2D eigenvalue weighted by molar-refractivity contribution is 0.617. The van der Waals surface area contributed by atoms with Crippen LogP contribution in [0.3, 0.4) is 0 Å². The summed E-state index contributed by atoms with van der Waals surface area (Å²) < 4.78 is 21.8. The molecule has 0 saturated carbocycles. The van der Waals surface area contributed by atoms with Gasteiger partial charge in [-0.25, -0.2) is 8.42 Å². The molecule has 0 saturated heterocycles. The molecule has 0 unspecified atom stereocenters. The molecule has 0 rings (SSSR count). The topological polar surface area (TPSA) is 34.1 Å². The Morgan fingerprint density at radius 2 is 2.14 bits per heavy atom. The Morgan fingerprint density at radius 1 is 1.57 bits per heavy atom. The Hall–Kier alpha value is 0.240. The Kier molecular flexibility index (Phi) is 4.55. The summed E-state index contributed by atoms with van der Waals surface area (Å²) >= 11 is 1.79. The monoisotopic (exact) mass is 230 g/mol. The zero-order valence-corrected chi connectivity index (χ0v) is 6.40. The summed E-state index contributed by atoms with van der Waals surface area (Å²) in [7, 11) is -2.28. The summed E-state index contributed by atoms with van der Waals surface area (Å²) in [4.78, 5) is 0. The zero-order chi connectivity index (χ0) is 5.70. The Morgan fingerprint density at radius 3 is 2.29 bits per heavy atom. The molecule has 0 N–H and O–H groups in total. The van der Waals surface area contributed by atoms with Gasteiger partial charge in [0.05, 0.1) is 0 Å². The SMILES string of the molecule is O=[SH](=O)CC#CI. The Balaban J connectivity index is 3.47. The highest BCUT2D eigenvalue weighted by Crippen LogP contribution is 1.69. The first-order valence-corrected chi connectivity index (χ1v) is 3.92. The van der Waals surface area contributed by atoms with Gasteiger partial charge in [-0.2, -0.15) is 0 Å². The van der Waals surface area contributed by atoms with E-state index in [0.717, 1.165) is 0 Å². The van der Waals surface area contributed by atoms with Crippen LogP contribution >= 0.6 is 22.6 Å². The van der Waals surface area contributed by atoms with Crippen LogP contribution in [0.25, 0.3) is 0 Å². The first kappa shape index (κ1) is 7.24. The van der Waals surface area contributed by atoms with Gasteiger partial charge in [-0.05, 0) is 3.93 Å². The zero-order valence-electron chi connectivity index (χ0n) is 3.35. The molecule has 40 valence electrons. The predicted molar refractivity (Wildman–Crippen MR) is 37.0 cm³/mol. The number of thiol groups is 1. The molecule has 4 heteroatoms. The lowest BCUT2D eigenvalue weighted by Crippen LogP contribution is -1.78. The number of rotatable bonds is 1. The molecule has 0 spiro atoms. The average molecular weight is 230 g/mol. The smallest absolute Gasteiger partial charge is 0.151 e. The van der Waals surface area contributed by atoms with Crippen LogP contribution in [0.15, 0.2) is 0 Å². The molecule has 0 heterocycles. The summed E-state index contributed by atoms with van der Waals surface area (Å²) in [6, 6.07) is 0. The van der Waals surface area contributed by atoms with Crippen LogP contribution in [-0.4, -0.2) is 14.2 Å². The van der Waals surface area contributed by atoms with E-state index < -0.39 is 10.7 Å². The molecule has 0 aromatic heterocycles. The average Bonchev–Trinajstić information content (AvgIpc) is 1.61. The van der Waals surface area contributed by atoms with Crippen molar-refractivity contribution in [1.82, 2.24) is 0 Å². The molecule has 0 fully saturated rings. The fourth-order valence-corrected chi connectivity index (χ4v) is 0.795. The maximum atomic E-state index is 9.69. The minimum absolute atomic E-state index is 0.0156. The van der Waals surface area contributed by atoms with Crippen molar-refractivity contribution in [2.45, 2.75) is 0 Å². The third-order valence-corrected chi connectivity index (χ3v) is 1.07. The fourth-order valence-electron chi connectivity index (χ4n) is 0.0944. The highest BCUT2D eigenvalue weighted by molar-refractivity contribution is 14.1. The number of hydrogen-bond donors (Lipinski definition) is 1. The molecule has 0 bridgehead atoms. The second kappa shape index (κ2) is 4.40. The maximum Gasteiger partial charge on any atom is 0.151 e. The standard InChI is InChI=1S/C3H3IO2S/c4-2-1-3-7(5)6/h7H,3H2. The van der Waals surface area contributed by atoms with Crippen molar-refractivity contribution < 1.29 is 8.42 Å². The van der Waals surface area contributed by atoms with Crippen molar-refractivity contribution in [2.24, 2.45) is 0 Å². The first-order chi connectivity index (χ1) is 3.27. The van der Waals surface area contributed by atoms with Crippen LogP contribution in [0.2, 0.25) is 0 Å². The van der Waals surface area contributed by atoms with Gasteiger partial charge in [-0.1, -0.05) is 5.92 Å². The highest BCUT2D eigenvalue weighted by atomic mass is 127. The van der Waals surface area contributed by atoms with Gasteiger partial charge in [-0.3, -0.25) is 0 Å². The van der Waals surface area contributed by atoms with Crippen LogP contribution < -0.4 is 0 Å². The van der Waals surface area contributed by atoms with E-state index in [9.17, 15) is 8.42 Å². The van der Waals surface area contributed by atoms with Crippen LogP contribution in [0.4, 0.5) is 0 Å². The minimum atomic E-state index is -2.28. The molecular weight excluding hydrogens is 227 g/mol. The van der Waals surface area contributed by atoms with Gasteiger partial charge in [0.15, 0.2) is 10.7 Å². The summed E-state index contributed by atoms with van der Waals surface area (Å²) in [6.07, 6.45) is 0. The normalized spacial score (nSPS) is 7.71. The van der Waals surface area contributed by atoms with Crippen molar-refractivity contribution in [3.8, 4) is 9.85 Å².